The van der Waals surface area contributed by atoms with E-state index >= 15 is 0 Å². The van der Waals surface area contributed by atoms with E-state index in [1.54, 1.807) is 18.2 Å². The molecule has 0 amide bonds. The van der Waals surface area contributed by atoms with E-state index in [9.17, 15) is 22.0 Å². The number of hydrogen-bond acceptors (Lipinski definition) is 5. The van der Waals surface area contributed by atoms with Gasteiger partial charge in [0.1, 0.15) is 5.78 Å². The number of ether oxygens (including phenoxy) is 2. The van der Waals surface area contributed by atoms with Crippen LogP contribution in [0.2, 0.25) is 0 Å². The van der Waals surface area contributed by atoms with Gasteiger partial charge in [-0.25, -0.2) is 13.6 Å². The quantitative estimate of drug-likeness (QED) is 0.556. The van der Waals surface area contributed by atoms with Gasteiger partial charge in [0.2, 0.25) is 10.0 Å². The zero-order valence-electron chi connectivity index (χ0n) is 18.2. The van der Waals surface area contributed by atoms with E-state index < -0.39 is 21.7 Å². The van der Waals surface area contributed by atoms with Gasteiger partial charge in [0.25, 0.3) is 0 Å². The Morgan fingerprint density at radius 2 is 1.74 bits per heavy atom. The fourth-order valence-corrected chi connectivity index (χ4v) is 4.94. The van der Waals surface area contributed by atoms with Crippen molar-refractivity contribution < 1.29 is 31.5 Å². The summed E-state index contributed by atoms with van der Waals surface area (Å²) >= 11 is 0. The van der Waals surface area contributed by atoms with Crippen molar-refractivity contribution in [2.45, 2.75) is 42.8 Å². The molecule has 3 aromatic carbocycles. The number of Topliss-reactive ketones (excluding diaryl/α,β-unsaturated/α-hetero) is 1. The Bertz CT molecular complexity index is 1430. The van der Waals surface area contributed by atoms with Gasteiger partial charge in [-0.1, -0.05) is 36.4 Å². The standard InChI is InChI=1S/C25H21F2NO5S/c1-15-5-6-16(11-20(15)17-3-2-4-19(13-17)34(28,30)31)12-23(29)24(9-10-24)18-7-8-21-22(14-18)33-25(26,27)32-21/h2-8,11,13-14H,9-10,12H2,1H3,(H2,28,30,31). The summed E-state index contributed by atoms with van der Waals surface area (Å²) in [5, 5.41) is 5.27. The van der Waals surface area contributed by atoms with Gasteiger partial charge >= 0.3 is 6.29 Å². The van der Waals surface area contributed by atoms with Crippen LogP contribution in [-0.2, 0) is 26.7 Å². The number of ketones is 1. The van der Waals surface area contributed by atoms with Gasteiger partial charge in [-0.2, -0.15) is 0 Å². The van der Waals surface area contributed by atoms with Gasteiger partial charge in [0.05, 0.1) is 10.3 Å². The Labute approximate surface area is 195 Å². The van der Waals surface area contributed by atoms with Gasteiger partial charge in [0.15, 0.2) is 11.5 Å². The van der Waals surface area contributed by atoms with Crippen LogP contribution in [0.3, 0.4) is 0 Å². The highest BCUT2D eigenvalue weighted by Crippen LogP contribution is 2.52. The largest absolute Gasteiger partial charge is 0.586 e. The SMILES string of the molecule is Cc1ccc(CC(=O)C2(c3ccc4c(c3)OC(F)(F)O4)CC2)cc1-c1cccc(S(N)(=O)=O)c1. The molecule has 0 aromatic heterocycles. The van der Waals surface area contributed by atoms with Crippen LogP contribution < -0.4 is 14.6 Å². The molecule has 0 spiro atoms. The van der Waals surface area contributed by atoms with Gasteiger partial charge < -0.3 is 9.47 Å². The first kappa shape index (κ1) is 22.5. The average molecular weight is 486 g/mol. The number of rotatable bonds is 6. The number of fused-ring (bicyclic) bond motifs is 1. The summed E-state index contributed by atoms with van der Waals surface area (Å²) < 4.78 is 59.2. The van der Waals surface area contributed by atoms with Crippen LogP contribution in [0.5, 0.6) is 11.5 Å². The summed E-state index contributed by atoms with van der Waals surface area (Å²) in [6, 6.07) is 16.4. The molecule has 9 heteroatoms. The summed E-state index contributed by atoms with van der Waals surface area (Å²) in [6.07, 6.45) is -2.32. The molecular weight excluding hydrogens is 464 g/mol. The van der Waals surface area contributed by atoms with E-state index in [0.717, 1.165) is 16.7 Å². The topological polar surface area (TPSA) is 95.7 Å². The summed E-state index contributed by atoms with van der Waals surface area (Å²) in [4.78, 5) is 13.3. The number of benzene rings is 3. The van der Waals surface area contributed by atoms with Crippen LogP contribution in [0.25, 0.3) is 11.1 Å². The number of sulfonamides is 1. The Morgan fingerprint density at radius 1 is 1.00 bits per heavy atom. The van der Waals surface area contributed by atoms with Crippen molar-refractivity contribution in [2.75, 3.05) is 0 Å². The van der Waals surface area contributed by atoms with Crippen molar-refractivity contribution in [3.05, 3.63) is 77.4 Å². The molecule has 34 heavy (non-hydrogen) atoms. The molecule has 1 fully saturated rings. The minimum absolute atomic E-state index is 0.0104. The van der Waals surface area contributed by atoms with Crippen molar-refractivity contribution in [3.63, 3.8) is 0 Å². The van der Waals surface area contributed by atoms with Crippen molar-refractivity contribution in [3.8, 4) is 22.6 Å². The fourth-order valence-electron chi connectivity index (χ4n) is 4.39. The number of aryl methyl sites for hydroxylation is 1. The lowest BCUT2D eigenvalue weighted by atomic mass is 9.87. The van der Waals surface area contributed by atoms with Crippen LogP contribution in [0, 0.1) is 6.92 Å². The van der Waals surface area contributed by atoms with E-state index in [1.165, 1.54) is 24.3 Å². The summed E-state index contributed by atoms with van der Waals surface area (Å²) in [5.74, 6) is -0.151. The normalized spacial score (nSPS) is 17.4. The van der Waals surface area contributed by atoms with Gasteiger partial charge in [-0.15, -0.1) is 8.78 Å². The third kappa shape index (κ3) is 4.05. The lowest BCUT2D eigenvalue weighted by molar-refractivity contribution is -0.286. The predicted molar refractivity (Wildman–Crippen MR) is 120 cm³/mol. The molecule has 5 rings (SSSR count). The van der Waals surface area contributed by atoms with Crippen molar-refractivity contribution in [2.24, 2.45) is 5.14 Å². The number of hydrogen-bond donors (Lipinski definition) is 1. The number of alkyl halides is 2. The number of primary sulfonamides is 1. The smallest absolute Gasteiger partial charge is 0.395 e. The van der Waals surface area contributed by atoms with Gasteiger partial charge in [-0.05, 0) is 71.8 Å². The minimum Gasteiger partial charge on any atom is -0.395 e. The number of carbonyl (C=O) groups is 1. The molecule has 3 aromatic rings. The lowest BCUT2D eigenvalue weighted by Crippen LogP contribution is -2.26. The first-order chi connectivity index (χ1) is 16.0. The van der Waals surface area contributed by atoms with Crippen LogP contribution >= 0.6 is 0 Å². The van der Waals surface area contributed by atoms with Crippen LogP contribution in [0.1, 0.15) is 29.5 Å². The first-order valence-corrected chi connectivity index (χ1v) is 12.2. The molecule has 1 heterocycles. The molecule has 2 N–H and O–H groups in total. The van der Waals surface area contributed by atoms with Gasteiger partial charge in [0, 0.05) is 6.42 Å². The molecular formula is C25H21F2NO5S. The van der Waals surface area contributed by atoms with Crippen LogP contribution in [0.4, 0.5) is 8.78 Å². The monoisotopic (exact) mass is 485 g/mol. The maximum Gasteiger partial charge on any atom is 0.586 e. The lowest BCUT2D eigenvalue weighted by Gasteiger charge is -2.16. The van der Waals surface area contributed by atoms with Crippen LogP contribution in [0.15, 0.2) is 65.6 Å². The molecule has 0 radical (unpaired) electrons. The van der Waals surface area contributed by atoms with Crippen molar-refractivity contribution in [1.82, 2.24) is 0 Å². The number of carbonyl (C=O) groups excluding carboxylic acids is 1. The van der Waals surface area contributed by atoms with Crippen molar-refractivity contribution in [1.29, 1.82) is 0 Å². The zero-order chi connectivity index (χ0) is 24.3. The second-order valence-electron chi connectivity index (χ2n) is 8.73. The highest BCUT2D eigenvalue weighted by atomic mass is 32.2. The molecule has 2 aliphatic rings. The summed E-state index contributed by atoms with van der Waals surface area (Å²) in [6.45, 7) is 1.90. The zero-order valence-corrected chi connectivity index (χ0v) is 19.0. The number of halogens is 2. The molecule has 0 unspecified atom stereocenters. The average Bonchev–Trinajstić information content (AvgIpc) is 3.51. The molecule has 0 atom stereocenters. The van der Waals surface area contributed by atoms with E-state index in [1.807, 2.05) is 25.1 Å². The molecule has 1 aliphatic heterocycles. The van der Waals surface area contributed by atoms with Crippen molar-refractivity contribution >= 4 is 15.8 Å². The predicted octanol–water partition coefficient (Wildman–Crippen LogP) is 4.47. The van der Waals surface area contributed by atoms with Crippen LogP contribution in [-0.4, -0.2) is 20.5 Å². The third-order valence-corrected chi connectivity index (χ3v) is 7.29. The maximum absolute atomic E-state index is 13.4. The second-order valence-corrected chi connectivity index (χ2v) is 10.3. The molecule has 176 valence electrons. The number of nitrogens with two attached hydrogens (primary N) is 1. The van der Waals surface area contributed by atoms with E-state index in [4.69, 9.17) is 5.14 Å². The van der Waals surface area contributed by atoms with E-state index in [2.05, 4.69) is 9.47 Å². The second kappa shape index (κ2) is 7.61. The summed E-state index contributed by atoms with van der Waals surface area (Å²) in [7, 11) is -3.85. The molecule has 0 bridgehead atoms. The maximum atomic E-state index is 13.4. The first-order valence-electron chi connectivity index (χ1n) is 10.6. The minimum atomic E-state index is -3.85. The highest BCUT2D eigenvalue weighted by Gasteiger charge is 2.52. The van der Waals surface area contributed by atoms with Gasteiger partial charge in [-0.3, -0.25) is 4.79 Å². The highest BCUT2D eigenvalue weighted by molar-refractivity contribution is 7.89. The Morgan fingerprint density at radius 3 is 2.44 bits per heavy atom. The molecule has 0 saturated heterocycles. The Kier molecular flexibility index (Phi) is 5.03. The summed E-state index contributed by atoms with van der Waals surface area (Å²) in [5.41, 5.74) is 3.05. The Balaban J connectivity index is 1.41. The fraction of sp³-hybridized carbons (Fsp3) is 0.240. The molecule has 1 aliphatic carbocycles. The van der Waals surface area contributed by atoms with E-state index in [-0.39, 0.29) is 28.6 Å². The van der Waals surface area contributed by atoms with E-state index in [0.29, 0.717) is 24.0 Å². The Hall–Kier alpha value is -3.30. The third-order valence-electron chi connectivity index (χ3n) is 6.38. The molecule has 6 nitrogen and oxygen atoms in total. The molecule has 1 saturated carbocycles.